The highest BCUT2D eigenvalue weighted by atomic mass is 16.5. The fraction of sp³-hybridized carbons (Fsp3) is 0.250. The van der Waals surface area contributed by atoms with Crippen LogP contribution in [0.25, 0.3) is 0 Å². The minimum atomic E-state index is -0.780. The van der Waals surface area contributed by atoms with Gasteiger partial charge in [0, 0.05) is 6.07 Å². The number of nitrogens with zero attached hydrogens (tertiary/aromatic N) is 2. The van der Waals surface area contributed by atoms with Crippen molar-refractivity contribution in [3.05, 3.63) is 17.5 Å². The normalized spacial score (nSPS) is 9.47. The highest BCUT2D eigenvalue weighted by Gasteiger charge is 2.16. The van der Waals surface area contributed by atoms with Crippen LogP contribution in [0.1, 0.15) is 21.0 Å². The number of rotatable bonds is 2. The summed E-state index contributed by atoms with van der Waals surface area (Å²) in [6.07, 6.45) is 0. The summed E-state index contributed by atoms with van der Waals surface area (Å²) in [5, 5.41) is 9.04. The van der Waals surface area contributed by atoms with Crippen molar-refractivity contribution in [3.8, 4) is 6.01 Å². The second kappa shape index (κ2) is 4.36. The third-order valence-electron chi connectivity index (χ3n) is 1.50. The van der Waals surface area contributed by atoms with Crippen molar-refractivity contribution in [3.63, 3.8) is 0 Å². The summed E-state index contributed by atoms with van der Waals surface area (Å²) in [4.78, 5) is 28.9. The standard InChI is InChI=1S/C8H8N2O5/c1-14-6(11)4-3-5(7(12)15-2)10-8(13)9-4/h3H,1-2H3,(H,9,10,13). The predicted molar refractivity (Wildman–Crippen MR) is 46.4 cm³/mol. The summed E-state index contributed by atoms with van der Waals surface area (Å²) in [6, 6.07) is 0.371. The molecular weight excluding hydrogens is 204 g/mol. The zero-order chi connectivity index (χ0) is 11.4. The van der Waals surface area contributed by atoms with Crippen LogP contribution >= 0.6 is 0 Å². The molecule has 1 aromatic heterocycles. The van der Waals surface area contributed by atoms with E-state index in [0.717, 1.165) is 20.3 Å². The molecular formula is C8H8N2O5. The van der Waals surface area contributed by atoms with Gasteiger partial charge in [0.05, 0.1) is 14.2 Å². The van der Waals surface area contributed by atoms with Crippen molar-refractivity contribution >= 4 is 11.9 Å². The minimum Gasteiger partial charge on any atom is -0.479 e. The molecule has 15 heavy (non-hydrogen) atoms. The fourth-order valence-electron chi connectivity index (χ4n) is 0.853. The number of hydrogen-bond donors (Lipinski definition) is 1. The average molecular weight is 212 g/mol. The summed E-state index contributed by atoms with van der Waals surface area (Å²) in [6.45, 7) is 0. The number of carbonyl (C=O) groups is 2. The lowest BCUT2D eigenvalue weighted by atomic mass is 10.3. The van der Waals surface area contributed by atoms with Gasteiger partial charge in [0.25, 0.3) is 0 Å². The van der Waals surface area contributed by atoms with Gasteiger partial charge in [-0.3, -0.25) is 0 Å². The van der Waals surface area contributed by atoms with Gasteiger partial charge in [-0.05, 0) is 0 Å². The molecule has 1 heterocycles. The molecule has 0 saturated heterocycles. The summed E-state index contributed by atoms with van der Waals surface area (Å²) in [5.41, 5.74) is -0.434. The molecule has 0 radical (unpaired) electrons. The first-order valence-electron chi connectivity index (χ1n) is 3.83. The molecule has 7 nitrogen and oxygen atoms in total. The number of ether oxygens (including phenoxy) is 2. The molecule has 1 N–H and O–H groups in total. The Morgan fingerprint density at radius 2 is 1.53 bits per heavy atom. The van der Waals surface area contributed by atoms with Crippen LogP contribution in [0.3, 0.4) is 0 Å². The number of hydrogen-bond acceptors (Lipinski definition) is 7. The van der Waals surface area contributed by atoms with Crippen LogP contribution in [0.4, 0.5) is 0 Å². The highest BCUT2D eigenvalue weighted by Crippen LogP contribution is 2.08. The van der Waals surface area contributed by atoms with E-state index in [1.54, 1.807) is 0 Å². The highest BCUT2D eigenvalue weighted by molar-refractivity contribution is 5.92. The van der Waals surface area contributed by atoms with E-state index in [4.69, 9.17) is 5.11 Å². The van der Waals surface area contributed by atoms with E-state index in [1.807, 2.05) is 0 Å². The maximum Gasteiger partial charge on any atom is 0.356 e. The molecule has 0 aromatic carbocycles. The molecule has 0 aliphatic rings. The number of esters is 2. The van der Waals surface area contributed by atoms with Crippen LogP contribution < -0.4 is 0 Å². The molecule has 0 unspecified atom stereocenters. The van der Waals surface area contributed by atoms with E-state index in [9.17, 15) is 9.59 Å². The van der Waals surface area contributed by atoms with Gasteiger partial charge in [0.2, 0.25) is 0 Å². The van der Waals surface area contributed by atoms with Crippen molar-refractivity contribution in [2.45, 2.75) is 0 Å². The van der Waals surface area contributed by atoms with Crippen LogP contribution in [0.5, 0.6) is 6.01 Å². The van der Waals surface area contributed by atoms with E-state index >= 15 is 0 Å². The molecule has 0 bridgehead atoms. The molecule has 1 rings (SSSR count). The average Bonchev–Trinajstić information content (AvgIpc) is 2.26. The summed E-state index contributed by atoms with van der Waals surface area (Å²) in [5.74, 6) is -1.56. The van der Waals surface area contributed by atoms with E-state index < -0.39 is 17.9 Å². The van der Waals surface area contributed by atoms with Crippen molar-refractivity contribution in [2.75, 3.05) is 14.2 Å². The smallest absolute Gasteiger partial charge is 0.356 e. The van der Waals surface area contributed by atoms with E-state index in [2.05, 4.69) is 19.4 Å². The molecule has 0 saturated carbocycles. The molecule has 0 spiro atoms. The van der Waals surface area contributed by atoms with Crippen LogP contribution in [0.15, 0.2) is 6.07 Å². The van der Waals surface area contributed by atoms with Crippen LogP contribution in [0.2, 0.25) is 0 Å². The monoisotopic (exact) mass is 212 g/mol. The van der Waals surface area contributed by atoms with E-state index in [0.29, 0.717) is 0 Å². The predicted octanol–water partition coefficient (Wildman–Crippen LogP) is -0.245. The van der Waals surface area contributed by atoms with Crippen molar-refractivity contribution in [1.82, 2.24) is 9.97 Å². The Balaban J connectivity index is 3.16. The van der Waals surface area contributed by atoms with Crippen LogP contribution in [0, 0.1) is 0 Å². The molecule has 0 fully saturated rings. The first-order chi connectivity index (χ1) is 7.08. The second-order valence-corrected chi connectivity index (χ2v) is 2.42. The van der Waals surface area contributed by atoms with Gasteiger partial charge in [0.15, 0.2) is 11.4 Å². The van der Waals surface area contributed by atoms with Crippen molar-refractivity contribution in [1.29, 1.82) is 0 Å². The van der Waals surface area contributed by atoms with Gasteiger partial charge in [0.1, 0.15) is 0 Å². The fourth-order valence-corrected chi connectivity index (χ4v) is 0.853. The Morgan fingerprint density at radius 1 is 1.13 bits per heavy atom. The molecule has 80 valence electrons. The Labute approximate surface area is 84.7 Å². The minimum absolute atomic E-state index is 0.217. The maximum atomic E-state index is 11.1. The van der Waals surface area contributed by atoms with E-state index in [-0.39, 0.29) is 11.4 Å². The SMILES string of the molecule is COC(=O)c1cc(C(=O)OC)nc(O)n1. The van der Waals surface area contributed by atoms with Gasteiger partial charge < -0.3 is 14.6 Å². The number of carbonyl (C=O) groups excluding carboxylic acids is 2. The Morgan fingerprint density at radius 3 is 1.87 bits per heavy atom. The molecule has 1 aromatic rings. The van der Waals surface area contributed by atoms with Crippen molar-refractivity contribution < 1.29 is 24.2 Å². The van der Waals surface area contributed by atoms with Gasteiger partial charge in [-0.15, -0.1) is 0 Å². The topological polar surface area (TPSA) is 98.6 Å². The maximum absolute atomic E-state index is 11.1. The number of aromatic nitrogens is 2. The zero-order valence-electron chi connectivity index (χ0n) is 8.05. The Kier molecular flexibility index (Phi) is 3.17. The second-order valence-electron chi connectivity index (χ2n) is 2.42. The van der Waals surface area contributed by atoms with Gasteiger partial charge in [-0.25, -0.2) is 9.59 Å². The summed E-state index contributed by atoms with van der Waals surface area (Å²) < 4.78 is 8.73. The largest absolute Gasteiger partial charge is 0.479 e. The first-order valence-corrected chi connectivity index (χ1v) is 3.83. The third-order valence-corrected chi connectivity index (χ3v) is 1.50. The first kappa shape index (κ1) is 10.9. The molecule has 0 aliphatic heterocycles. The van der Waals surface area contributed by atoms with Gasteiger partial charge in [-0.1, -0.05) is 0 Å². The Bertz CT molecular complexity index is 370. The third kappa shape index (κ3) is 2.39. The quantitative estimate of drug-likeness (QED) is 0.675. The molecule has 7 heteroatoms. The Hall–Kier alpha value is -2.18. The van der Waals surface area contributed by atoms with Crippen molar-refractivity contribution in [2.24, 2.45) is 0 Å². The summed E-state index contributed by atoms with van der Waals surface area (Å²) >= 11 is 0. The molecule has 0 aliphatic carbocycles. The zero-order valence-corrected chi connectivity index (χ0v) is 8.05. The van der Waals surface area contributed by atoms with Gasteiger partial charge in [-0.2, -0.15) is 9.97 Å². The molecule has 0 atom stereocenters. The lowest BCUT2D eigenvalue weighted by molar-refractivity contribution is 0.0587. The number of methoxy groups -OCH3 is 2. The lowest BCUT2D eigenvalue weighted by Gasteiger charge is -2.01. The van der Waals surface area contributed by atoms with Crippen LogP contribution in [-0.4, -0.2) is 41.2 Å². The van der Waals surface area contributed by atoms with E-state index in [1.165, 1.54) is 0 Å². The van der Waals surface area contributed by atoms with Gasteiger partial charge >= 0.3 is 17.9 Å². The number of aromatic hydroxyl groups is 1. The van der Waals surface area contributed by atoms with Crippen LogP contribution in [-0.2, 0) is 9.47 Å². The lowest BCUT2D eigenvalue weighted by Crippen LogP contribution is -2.10. The summed E-state index contributed by atoms with van der Waals surface area (Å²) in [7, 11) is 2.30. The molecule has 0 amide bonds.